The van der Waals surface area contributed by atoms with Gasteiger partial charge in [-0.1, -0.05) is 54.6 Å². The van der Waals surface area contributed by atoms with Crippen molar-refractivity contribution in [3.05, 3.63) is 101 Å². The number of carboxylic acids is 1. The van der Waals surface area contributed by atoms with Crippen molar-refractivity contribution in [2.24, 2.45) is 0 Å². The van der Waals surface area contributed by atoms with E-state index in [1.165, 1.54) is 12.1 Å². The number of hydrogen-bond acceptors (Lipinski definition) is 5. The minimum absolute atomic E-state index is 0.0775. The molecule has 0 saturated carbocycles. The van der Waals surface area contributed by atoms with Crippen LogP contribution in [0.25, 0.3) is 0 Å². The summed E-state index contributed by atoms with van der Waals surface area (Å²) in [7, 11) is 0. The zero-order chi connectivity index (χ0) is 23.6. The van der Waals surface area contributed by atoms with E-state index in [1.807, 2.05) is 30.3 Å². The van der Waals surface area contributed by atoms with Gasteiger partial charge in [-0.25, -0.2) is 9.59 Å². The topological polar surface area (TPSA) is 125 Å². The number of phenols is 1. The number of alkyl carbamates (subject to hydrolysis) is 1. The number of amides is 2. The molecule has 3 aromatic rings. The van der Waals surface area contributed by atoms with E-state index in [0.717, 1.165) is 11.1 Å². The predicted molar refractivity (Wildman–Crippen MR) is 121 cm³/mol. The number of carbonyl (C=O) groups is 3. The molecule has 0 radical (unpaired) electrons. The minimum Gasteiger partial charge on any atom is -0.508 e. The highest BCUT2D eigenvalue weighted by Crippen LogP contribution is 2.12. The molecule has 0 aliphatic heterocycles. The molecule has 0 saturated heterocycles. The number of aliphatic carboxylic acids is 1. The fraction of sp³-hybridized carbons (Fsp3) is 0.160. The maximum absolute atomic E-state index is 12.5. The number of carboxylic acid groups (broad SMARTS) is 1. The highest BCUT2D eigenvalue weighted by molar-refractivity contribution is 5.96. The first-order valence-electron chi connectivity index (χ1n) is 10.3. The average Bonchev–Trinajstić information content (AvgIpc) is 2.83. The van der Waals surface area contributed by atoms with Crippen molar-refractivity contribution in [2.75, 3.05) is 0 Å². The summed E-state index contributed by atoms with van der Waals surface area (Å²) >= 11 is 0. The Morgan fingerprint density at radius 2 is 1.45 bits per heavy atom. The number of rotatable bonds is 9. The van der Waals surface area contributed by atoms with Crippen LogP contribution < -0.4 is 10.6 Å². The Hall–Kier alpha value is -4.33. The molecule has 0 aromatic heterocycles. The summed E-state index contributed by atoms with van der Waals surface area (Å²) in [6, 6.07) is 20.8. The Labute approximate surface area is 190 Å². The molecule has 170 valence electrons. The molecule has 33 heavy (non-hydrogen) atoms. The first-order chi connectivity index (χ1) is 15.9. The van der Waals surface area contributed by atoms with Crippen LogP contribution in [0.4, 0.5) is 4.79 Å². The van der Waals surface area contributed by atoms with Gasteiger partial charge in [0, 0.05) is 18.5 Å². The van der Waals surface area contributed by atoms with Crippen molar-refractivity contribution in [3.63, 3.8) is 0 Å². The van der Waals surface area contributed by atoms with Crippen LogP contribution >= 0.6 is 0 Å². The van der Waals surface area contributed by atoms with E-state index < -0.39 is 24.0 Å². The van der Waals surface area contributed by atoms with Crippen LogP contribution in [0.2, 0.25) is 0 Å². The Kier molecular flexibility index (Phi) is 8.02. The highest BCUT2D eigenvalue weighted by atomic mass is 16.5. The number of carbonyl (C=O) groups excluding carboxylic acids is 2. The van der Waals surface area contributed by atoms with E-state index in [2.05, 4.69) is 10.6 Å². The highest BCUT2D eigenvalue weighted by Gasteiger charge is 2.21. The minimum atomic E-state index is -1.16. The van der Waals surface area contributed by atoms with E-state index in [0.29, 0.717) is 11.1 Å². The lowest BCUT2D eigenvalue weighted by Gasteiger charge is -2.15. The van der Waals surface area contributed by atoms with Gasteiger partial charge in [0.05, 0.1) is 0 Å². The third kappa shape index (κ3) is 7.39. The maximum Gasteiger partial charge on any atom is 0.407 e. The number of nitrogens with one attached hydrogen (secondary N) is 2. The molecule has 8 heteroatoms. The fourth-order valence-corrected chi connectivity index (χ4v) is 3.03. The SMILES string of the molecule is O=C(NCc1ccc(C(=O)N[C@@H](Cc2ccc(O)cc2)C(=O)O)cc1)OCc1ccccc1. The fourth-order valence-electron chi connectivity index (χ4n) is 3.03. The first kappa shape index (κ1) is 23.3. The standard InChI is InChI=1S/C25H24N2O6/c28-21-12-8-17(9-13-21)14-22(24(30)31)27-23(29)20-10-6-18(7-11-20)15-26-25(32)33-16-19-4-2-1-3-5-19/h1-13,22,28H,14-16H2,(H,26,32)(H,27,29)(H,30,31)/t22-/m0/s1. The van der Waals surface area contributed by atoms with Crippen LogP contribution in [0.5, 0.6) is 5.75 Å². The number of aromatic hydroxyl groups is 1. The normalized spacial score (nSPS) is 11.3. The molecular weight excluding hydrogens is 424 g/mol. The summed E-state index contributed by atoms with van der Waals surface area (Å²) in [5.41, 5.74) is 2.60. The molecule has 0 bridgehead atoms. The lowest BCUT2D eigenvalue weighted by Crippen LogP contribution is -2.42. The second kappa shape index (κ2) is 11.3. The molecule has 1 atom stereocenters. The Balaban J connectivity index is 1.49. The van der Waals surface area contributed by atoms with Crippen LogP contribution in [-0.4, -0.2) is 34.2 Å². The average molecular weight is 448 g/mol. The number of phenolic OH excluding ortho intramolecular Hbond substituents is 1. The Bertz CT molecular complexity index is 1080. The van der Waals surface area contributed by atoms with E-state index in [-0.39, 0.29) is 25.3 Å². The second-order valence-corrected chi connectivity index (χ2v) is 7.35. The molecule has 2 amide bonds. The monoisotopic (exact) mass is 448 g/mol. The summed E-state index contributed by atoms with van der Waals surface area (Å²) in [6.07, 6.45) is -0.478. The summed E-state index contributed by atoms with van der Waals surface area (Å²) in [6.45, 7) is 0.384. The lowest BCUT2D eigenvalue weighted by atomic mass is 10.0. The summed E-state index contributed by atoms with van der Waals surface area (Å²) in [5.74, 6) is -1.61. The van der Waals surface area contributed by atoms with Crippen LogP contribution in [0.3, 0.4) is 0 Å². The van der Waals surface area contributed by atoms with E-state index in [9.17, 15) is 24.6 Å². The van der Waals surface area contributed by atoms with Crippen molar-refractivity contribution < 1.29 is 29.3 Å². The summed E-state index contributed by atoms with van der Waals surface area (Å²) in [5, 5.41) is 23.9. The molecule has 0 aliphatic rings. The summed E-state index contributed by atoms with van der Waals surface area (Å²) < 4.78 is 5.15. The van der Waals surface area contributed by atoms with Gasteiger partial charge in [-0.2, -0.15) is 0 Å². The van der Waals surface area contributed by atoms with Crippen LogP contribution in [0, 0.1) is 0 Å². The van der Waals surface area contributed by atoms with Gasteiger partial charge in [-0.05, 0) is 41.0 Å². The number of benzene rings is 3. The van der Waals surface area contributed by atoms with Gasteiger partial charge >= 0.3 is 12.1 Å². The first-order valence-corrected chi connectivity index (χ1v) is 10.3. The van der Waals surface area contributed by atoms with E-state index in [1.54, 1.807) is 36.4 Å². The summed E-state index contributed by atoms with van der Waals surface area (Å²) in [4.78, 5) is 35.9. The van der Waals surface area contributed by atoms with Gasteiger partial charge < -0.3 is 25.6 Å². The van der Waals surface area contributed by atoms with Crippen LogP contribution in [0.1, 0.15) is 27.0 Å². The van der Waals surface area contributed by atoms with Gasteiger partial charge in [-0.3, -0.25) is 4.79 Å². The molecule has 3 aromatic carbocycles. The molecule has 0 aliphatic carbocycles. The van der Waals surface area contributed by atoms with Gasteiger partial charge in [0.1, 0.15) is 18.4 Å². The van der Waals surface area contributed by atoms with E-state index in [4.69, 9.17) is 4.74 Å². The molecule has 4 N–H and O–H groups in total. The zero-order valence-corrected chi connectivity index (χ0v) is 17.7. The Morgan fingerprint density at radius 1 is 0.818 bits per heavy atom. The van der Waals surface area contributed by atoms with Crippen molar-refractivity contribution in [1.82, 2.24) is 10.6 Å². The predicted octanol–water partition coefficient (Wildman–Crippen LogP) is 3.24. The Morgan fingerprint density at radius 3 is 2.09 bits per heavy atom. The molecule has 8 nitrogen and oxygen atoms in total. The lowest BCUT2D eigenvalue weighted by molar-refractivity contribution is -0.139. The molecule has 0 fully saturated rings. The van der Waals surface area contributed by atoms with E-state index >= 15 is 0 Å². The third-order valence-corrected chi connectivity index (χ3v) is 4.85. The number of hydrogen-bond donors (Lipinski definition) is 4. The third-order valence-electron chi connectivity index (χ3n) is 4.85. The zero-order valence-electron chi connectivity index (χ0n) is 17.7. The molecule has 0 heterocycles. The van der Waals surface area contributed by atoms with Crippen molar-refractivity contribution in [3.8, 4) is 5.75 Å². The molecular formula is C25H24N2O6. The number of ether oxygens (including phenoxy) is 1. The molecule has 0 spiro atoms. The second-order valence-electron chi connectivity index (χ2n) is 7.35. The van der Waals surface area contributed by atoms with Gasteiger partial charge in [0.15, 0.2) is 0 Å². The van der Waals surface area contributed by atoms with Crippen molar-refractivity contribution in [1.29, 1.82) is 0 Å². The smallest absolute Gasteiger partial charge is 0.407 e. The van der Waals surface area contributed by atoms with Gasteiger partial charge in [0.25, 0.3) is 5.91 Å². The van der Waals surface area contributed by atoms with Crippen molar-refractivity contribution >= 4 is 18.0 Å². The quantitative estimate of drug-likeness (QED) is 0.398. The largest absolute Gasteiger partial charge is 0.508 e. The van der Waals surface area contributed by atoms with Crippen molar-refractivity contribution in [2.45, 2.75) is 25.6 Å². The molecule has 3 rings (SSSR count). The van der Waals surface area contributed by atoms with Crippen LogP contribution in [-0.2, 0) is 29.1 Å². The maximum atomic E-state index is 12.5. The van der Waals surface area contributed by atoms with Gasteiger partial charge in [-0.15, -0.1) is 0 Å². The molecule has 0 unspecified atom stereocenters. The van der Waals surface area contributed by atoms with Crippen LogP contribution in [0.15, 0.2) is 78.9 Å². The van der Waals surface area contributed by atoms with Gasteiger partial charge in [0.2, 0.25) is 0 Å².